The average Bonchev–Trinajstić information content (AvgIpc) is 3.56. The number of anilines is 6. The van der Waals surface area contributed by atoms with Crippen LogP contribution in [0.15, 0.2) is 146 Å². The normalized spacial score (nSPS) is 17.8. The van der Waals surface area contributed by atoms with Crippen molar-refractivity contribution in [2.24, 2.45) is 0 Å². The van der Waals surface area contributed by atoms with Crippen molar-refractivity contribution in [3.05, 3.63) is 190 Å². The van der Waals surface area contributed by atoms with E-state index in [9.17, 15) is 0 Å². The van der Waals surface area contributed by atoms with E-state index in [1.165, 1.54) is 89.5 Å². The van der Waals surface area contributed by atoms with Gasteiger partial charge in [0, 0.05) is 33.0 Å². The monoisotopic (exact) mass is 724 g/mol. The number of hydrogen-bond donors (Lipinski definition) is 0. The van der Waals surface area contributed by atoms with Gasteiger partial charge in [0.1, 0.15) is 0 Å². The molecule has 0 radical (unpaired) electrons. The number of benzene rings is 7. The Morgan fingerprint density at radius 3 is 1.05 bits per heavy atom. The number of para-hydroxylation sites is 2. The SMILES string of the molecule is CC1(C)c2ccccc2-c2cc3c(cc21)N(c1cccc(N2c4ccccc4C(C)(C)c4cc5c(cc42)C(C)(C)c2ccccc2-5)c1)c1ccccc1C3(C)C. The second-order valence-electron chi connectivity index (χ2n) is 18.6. The Morgan fingerprint density at radius 2 is 0.625 bits per heavy atom. The molecule has 0 amide bonds. The lowest BCUT2D eigenvalue weighted by Crippen LogP contribution is -2.32. The zero-order chi connectivity index (χ0) is 38.5. The van der Waals surface area contributed by atoms with Crippen LogP contribution in [0.2, 0.25) is 0 Å². The van der Waals surface area contributed by atoms with E-state index in [1.807, 2.05) is 0 Å². The second-order valence-corrected chi connectivity index (χ2v) is 18.6. The molecule has 2 nitrogen and oxygen atoms in total. The summed E-state index contributed by atoms with van der Waals surface area (Å²) < 4.78 is 0. The molecule has 0 N–H and O–H groups in total. The quantitative estimate of drug-likeness (QED) is 0.175. The lowest BCUT2D eigenvalue weighted by molar-refractivity contribution is 0.627. The molecule has 0 unspecified atom stereocenters. The molecule has 11 rings (SSSR count). The predicted molar refractivity (Wildman–Crippen MR) is 235 cm³/mol. The zero-order valence-electron chi connectivity index (χ0n) is 33.8. The third-order valence-corrected chi connectivity index (χ3v) is 14.2. The van der Waals surface area contributed by atoms with Gasteiger partial charge in [-0.3, -0.25) is 0 Å². The Kier molecular flexibility index (Phi) is 6.53. The number of rotatable bonds is 2. The van der Waals surface area contributed by atoms with Crippen molar-refractivity contribution in [2.75, 3.05) is 9.80 Å². The van der Waals surface area contributed by atoms with E-state index in [-0.39, 0.29) is 21.7 Å². The predicted octanol–water partition coefficient (Wildman–Crippen LogP) is 14.5. The van der Waals surface area contributed by atoms with Crippen molar-refractivity contribution in [2.45, 2.75) is 77.0 Å². The Morgan fingerprint density at radius 1 is 0.268 bits per heavy atom. The fraction of sp³-hybridized carbons (Fsp3) is 0.222. The van der Waals surface area contributed by atoms with Gasteiger partial charge in [0.2, 0.25) is 0 Å². The lowest BCUT2D eigenvalue weighted by atomic mass is 9.71. The Balaban J connectivity index is 1.14. The van der Waals surface area contributed by atoms with E-state index >= 15 is 0 Å². The molecule has 2 heterocycles. The van der Waals surface area contributed by atoms with Crippen LogP contribution in [0.25, 0.3) is 22.3 Å². The number of nitrogens with zero attached hydrogens (tertiary/aromatic N) is 2. The van der Waals surface area contributed by atoms with Crippen LogP contribution in [0.1, 0.15) is 99.9 Å². The topological polar surface area (TPSA) is 6.48 Å². The smallest absolute Gasteiger partial charge is 0.0506 e. The van der Waals surface area contributed by atoms with Crippen LogP contribution >= 0.6 is 0 Å². The first-order valence-corrected chi connectivity index (χ1v) is 20.3. The molecule has 0 fully saturated rings. The Labute approximate surface area is 332 Å². The molecule has 2 aliphatic heterocycles. The maximum atomic E-state index is 2.54. The largest absolute Gasteiger partial charge is 0.310 e. The van der Waals surface area contributed by atoms with Crippen molar-refractivity contribution >= 4 is 34.1 Å². The molecule has 0 aromatic heterocycles. The van der Waals surface area contributed by atoms with Crippen molar-refractivity contribution in [3.63, 3.8) is 0 Å². The van der Waals surface area contributed by atoms with E-state index in [1.54, 1.807) is 0 Å². The molecule has 0 saturated heterocycles. The van der Waals surface area contributed by atoms with Crippen LogP contribution in [0, 0.1) is 0 Å². The summed E-state index contributed by atoms with van der Waals surface area (Å²) in [5, 5.41) is 0. The molecule has 2 heteroatoms. The Hall–Kier alpha value is -5.86. The van der Waals surface area contributed by atoms with Gasteiger partial charge >= 0.3 is 0 Å². The molecule has 56 heavy (non-hydrogen) atoms. The van der Waals surface area contributed by atoms with E-state index in [4.69, 9.17) is 0 Å². The van der Waals surface area contributed by atoms with Crippen LogP contribution < -0.4 is 9.80 Å². The molecular formula is C54H48N2. The van der Waals surface area contributed by atoms with Crippen LogP contribution in [0.3, 0.4) is 0 Å². The first kappa shape index (κ1) is 33.5. The van der Waals surface area contributed by atoms with Crippen molar-refractivity contribution in [1.82, 2.24) is 0 Å². The average molecular weight is 725 g/mol. The summed E-state index contributed by atoms with van der Waals surface area (Å²) in [4.78, 5) is 5.09. The van der Waals surface area contributed by atoms with Crippen LogP contribution in [0.5, 0.6) is 0 Å². The van der Waals surface area contributed by atoms with Gasteiger partial charge < -0.3 is 9.80 Å². The summed E-state index contributed by atoms with van der Waals surface area (Å²) in [5.41, 5.74) is 23.3. The zero-order valence-corrected chi connectivity index (χ0v) is 33.8. The van der Waals surface area contributed by atoms with Crippen molar-refractivity contribution < 1.29 is 0 Å². The summed E-state index contributed by atoms with van der Waals surface area (Å²) in [6.07, 6.45) is 0. The van der Waals surface area contributed by atoms with Gasteiger partial charge in [-0.15, -0.1) is 0 Å². The summed E-state index contributed by atoms with van der Waals surface area (Å²) in [6, 6.07) is 55.5. The maximum Gasteiger partial charge on any atom is 0.0506 e. The standard InChI is InChI=1S/C54H48N2/c1-51(2)39-22-11-9-20-35(39)37-29-45-49(31-43(37)51)55(47-26-15-13-24-41(47)53(45,5)6)33-18-17-19-34(28-33)56-48-27-16-14-25-42(48)54(7,8)46-30-38-36-21-10-12-23-40(36)52(3,4)44(38)32-50(46)56/h9-32H,1-8H3. The highest BCUT2D eigenvalue weighted by molar-refractivity contribution is 5.95. The van der Waals surface area contributed by atoms with Crippen LogP contribution in [-0.4, -0.2) is 0 Å². The van der Waals surface area contributed by atoms with E-state index in [0.717, 1.165) is 11.4 Å². The summed E-state index contributed by atoms with van der Waals surface area (Å²) >= 11 is 0. The molecule has 0 saturated carbocycles. The first-order chi connectivity index (χ1) is 26.8. The van der Waals surface area contributed by atoms with Gasteiger partial charge in [-0.25, -0.2) is 0 Å². The fourth-order valence-electron chi connectivity index (χ4n) is 11.1. The molecule has 0 atom stereocenters. The fourth-order valence-corrected chi connectivity index (χ4v) is 11.1. The van der Waals surface area contributed by atoms with Gasteiger partial charge in [0.15, 0.2) is 0 Å². The summed E-state index contributed by atoms with van der Waals surface area (Å²) in [7, 11) is 0. The summed E-state index contributed by atoms with van der Waals surface area (Å²) in [6.45, 7) is 19.2. The number of fused-ring (bicyclic) bond motifs is 10. The Bertz CT molecular complexity index is 2640. The minimum absolute atomic E-state index is 0.0999. The van der Waals surface area contributed by atoms with Gasteiger partial charge in [0.25, 0.3) is 0 Å². The maximum absolute atomic E-state index is 2.54. The molecule has 7 aromatic carbocycles. The van der Waals surface area contributed by atoms with Crippen molar-refractivity contribution in [1.29, 1.82) is 0 Å². The highest BCUT2D eigenvalue weighted by Crippen LogP contribution is 2.60. The van der Waals surface area contributed by atoms with Gasteiger partial charge in [-0.2, -0.15) is 0 Å². The molecule has 7 aromatic rings. The number of hydrogen-bond acceptors (Lipinski definition) is 2. The third-order valence-electron chi connectivity index (χ3n) is 14.2. The lowest BCUT2D eigenvalue weighted by Gasteiger charge is -2.44. The van der Waals surface area contributed by atoms with Gasteiger partial charge in [-0.1, -0.05) is 146 Å². The molecule has 2 aliphatic carbocycles. The third kappa shape index (κ3) is 4.17. The first-order valence-electron chi connectivity index (χ1n) is 20.3. The van der Waals surface area contributed by atoms with E-state index in [2.05, 4.69) is 211 Å². The minimum atomic E-state index is -0.183. The molecule has 274 valence electrons. The minimum Gasteiger partial charge on any atom is -0.310 e. The van der Waals surface area contributed by atoms with Crippen LogP contribution in [-0.2, 0) is 21.7 Å². The van der Waals surface area contributed by atoms with E-state index in [0.29, 0.717) is 0 Å². The van der Waals surface area contributed by atoms with Crippen LogP contribution in [0.4, 0.5) is 34.1 Å². The molecule has 0 spiro atoms. The highest BCUT2D eigenvalue weighted by Gasteiger charge is 2.44. The summed E-state index contributed by atoms with van der Waals surface area (Å²) in [5.74, 6) is 0. The second kappa shape index (κ2) is 10.9. The highest BCUT2D eigenvalue weighted by atomic mass is 15.2. The molecular weight excluding hydrogens is 677 g/mol. The van der Waals surface area contributed by atoms with Gasteiger partial charge in [-0.05, 0) is 121 Å². The molecule has 4 aliphatic rings. The van der Waals surface area contributed by atoms with Gasteiger partial charge in [0.05, 0.1) is 22.7 Å². The van der Waals surface area contributed by atoms with Crippen molar-refractivity contribution in [3.8, 4) is 22.3 Å². The molecule has 0 bridgehead atoms. The van der Waals surface area contributed by atoms with E-state index < -0.39 is 0 Å².